The normalized spacial score (nSPS) is 37.1. The Labute approximate surface area is 169 Å². The smallest absolute Gasteiger partial charge is 0.207 e. The van der Waals surface area contributed by atoms with E-state index in [9.17, 15) is 20.1 Å². The maximum absolute atomic E-state index is 13.1. The van der Waals surface area contributed by atoms with E-state index in [2.05, 4.69) is 13.0 Å². The van der Waals surface area contributed by atoms with Crippen LogP contribution >= 0.6 is 0 Å². The molecular weight excluding hydrogens is 352 g/mol. The molecule has 0 aliphatic heterocycles. The summed E-state index contributed by atoms with van der Waals surface area (Å²) >= 11 is 0. The van der Waals surface area contributed by atoms with Gasteiger partial charge in [-0.3, -0.25) is 4.79 Å². The molecule has 4 nitrogen and oxygen atoms in total. The highest BCUT2D eigenvalue weighted by Crippen LogP contribution is 2.49. The Morgan fingerprint density at radius 1 is 1.18 bits per heavy atom. The standard InChI is InChI=1S/C24H36O4/c1-15-7-6-8-16(2)13-24(5)19(11-10-17(3)20(26)12-9-15)21(18(4)14-25)22(27)23(24)28/h7,10,13,18-20,25-27H,6,8-9,11-12,14H2,1-5H3/b15-7+,16-13+,17-10+/t18-,19-,20+,24+/m1/s1. The average Bonchev–Trinajstić information content (AvgIpc) is 2.83. The lowest BCUT2D eigenvalue weighted by Crippen LogP contribution is -2.31. The van der Waals surface area contributed by atoms with Gasteiger partial charge in [0.2, 0.25) is 5.78 Å². The number of Topliss-reactive ketones (excluding diaryl/α,β-unsaturated/α-hetero) is 1. The molecule has 156 valence electrons. The highest BCUT2D eigenvalue weighted by molar-refractivity contribution is 6.03. The van der Waals surface area contributed by atoms with Crippen molar-refractivity contribution in [3.8, 4) is 0 Å². The van der Waals surface area contributed by atoms with E-state index in [1.165, 1.54) is 5.57 Å². The molecule has 0 radical (unpaired) electrons. The van der Waals surface area contributed by atoms with E-state index in [-0.39, 0.29) is 30.0 Å². The SMILES string of the molecule is C/C1=C\[C@]2(C)C(=O)C(O)=C([C@H](C)CO)[C@H]2C/C=C(\C)[C@@H](O)CC/C(C)=C/CC1. The van der Waals surface area contributed by atoms with Crippen LogP contribution in [0, 0.1) is 17.3 Å². The molecule has 0 heterocycles. The zero-order valence-electron chi connectivity index (χ0n) is 18.0. The number of hydrogen-bond acceptors (Lipinski definition) is 4. The Balaban J connectivity index is 2.52. The first-order valence-electron chi connectivity index (χ1n) is 10.4. The third kappa shape index (κ3) is 4.66. The predicted molar refractivity (Wildman–Crippen MR) is 113 cm³/mol. The van der Waals surface area contributed by atoms with Gasteiger partial charge < -0.3 is 15.3 Å². The summed E-state index contributed by atoms with van der Waals surface area (Å²) in [7, 11) is 0. The van der Waals surface area contributed by atoms with Crippen LogP contribution in [0.1, 0.15) is 66.7 Å². The summed E-state index contributed by atoms with van der Waals surface area (Å²) in [4.78, 5) is 13.1. The molecule has 4 heteroatoms. The van der Waals surface area contributed by atoms with Gasteiger partial charge in [0, 0.05) is 18.4 Å². The molecule has 0 aromatic rings. The number of carbonyl (C=O) groups is 1. The van der Waals surface area contributed by atoms with Crippen LogP contribution in [0.25, 0.3) is 0 Å². The molecule has 0 amide bonds. The first kappa shape index (κ1) is 22.6. The lowest BCUT2D eigenvalue weighted by Gasteiger charge is -2.31. The van der Waals surface area contributed by atoms with Gasteiger partial charge in [-0.15, -0.1) is 0 Å². The second kappa shape index (κ2) is 9.23. The van der Waals surface area contributed by atoms with Crippen LogP contribution in [0.2, 0.25) is 0 Å². The van der Waals surface area contributed by atoms with Crippen molar-refractivity contribution in [1.82, 2.24) is 0 Å². The molecular formula is C24H36O4. The van der Waals surface area contributed by atoms with Crippen molar-refractivity contribution in [2.75, 3.05) is 6.61 Å². The summed E-state index contributed by atoms with van der Waals surface area (Å²) in [5, 5.41) is 30.8. The van der Waals surface area contributed by atoms with Crippen LogP contribution in [0.5, 0.6) is 0 Å². The van der Waals surface area contributed by atoms with Crippen LogP contribution in [0.3, 0.4) is 0 Å². The summed E-state index contributed by atoms with van der Waals surface area (Å²) in [5.41, 5.74) is 3.10. The van der Waals surface area contributed by atoms with Gasteiger partial charge in [0.25, 0.3) is 0 Å². The van der Waals surface area contributed by atoms with E-state index in [1.807, 2.05) is 39.8 Å². The van der Waals surface area contributed by atoms with E-state index < -0.39 is 11.5 Å². The molecule has 0 unspecified atom stereocenters. The van der Waals surface area contributed by atoms with Crippen molar-refractivity contribution in [3.63, 3.8) is 0 Å². The van der Waals surface area contributed by atoms with E-state index in [4.69, 9.17) is 0 Å². The lowest BCUT2D eigenvalue weighted by atomic mass is 9.71. The van der Waals surface area contributed by atoms with Crippen LogP contribution in [-0.2, 0) is 4.79 Å². The summed E-state index contributed by atoms with van der Waals surface area (Å²) in [6.45, 7) is 9.68. The predicted octanol–water partition coefficient (Wildman–Crippen LogP) is 4.80. The Kier molecular flexibility index (Phi) is 7.46. The molecule has 0 spiro atoms. The van der Waals surface area contributed by atoms with Crippen molar-refractivity contribution in [2.45, 2.75) is 72.8 Å². The van der Waals surface area contributed by atoms with Crippen molar-refractivity contribution in [2.24, 2.45) is 17.3 Å². The van der Waals surface area contributed by atoms with Crippen molar-refractivity contribution in [3.05, 3.63) is 46.3 Å². The monoisotopic (exact) mass is 388 g/mol. The van der Waals surface area contributed by atoms with Gasteiger partial charge in [0.05, 0.1) is 11.5 Å². The first-order valence-corrected chi connectivity index (χ1v) is 10.4. The molecule has 0 saturated heterocycles. The van der Waals surface area contributed by atoms with Gasteiger partial charge in [-0.2, -0.15) is 0 Å². The molecule has 4 atom stereocenters. The number of fused-ring (bicyclic) bond motifs is 1. The van der Waals surface area contributed by atoms with E-state index in [0.717, 1.165) is 30.4 Å². The molecule has 2 aliphatic rings. The number of rotatable bonds is 2. The Hall–Kier alpha value is -1.65. The maximum Gasteiger partial charge on any atom is 0.207 e. The molecule has 3 N–H and O–H groups in total. The number of aliphatic hydroxyl groups is 3. The van der Waals surface area contributed by atoms with Crippen LogP contribution < -0.4 is 0 Å². The van der Waals surface area contributed by atoms with E-state index in [1.54, 1.807) is 0 Å². The highest BCUT2D eigenvalue weighted by Gasteiger charge is 2.50. The minimum atomic E-state index is -0.836. The molecule has 0 aromatic carbocycles. The van der Waals surface area contributed by atoms with E-state index >= 15 is 0 Å². The Bertz CT molecular complexity index is 725. The van der Waals surface area contributed by atoms with Crippen molar-refractivity contribution >= 4 is 5.78 Å². The quantitative estimate of drug-likeness (QED) is 0.594. The fraction of sp³-hybridized carbons (Fsp3) is 0.625. The molecule has 0 fully saturated rings. The van der Waals surface area contributed by atoms with Crippen LogP contribution in [-0.4, -0.2) is 33.8 Å². The second-order valence-corrected chi connectivity index (χ2v) is 8.87. The minimum Gasteiger partial charge on any atom is -0.504 e. The number of allylic oxidation sites excluding steroid dienone is 6. The molecule has 0 saturated carbocycles. The minimum absolute atomic E-state index is 0.114. The average molecular weight is 389 g/mol. The van der Waals surface area contributed by atoms with E-state index in [0.29, 0.717) is 18.4 Å². The number of carbonyl (C=O) groups excluding carboxylic acids is 1. The number of aliphatic hydroxyl groups excluding tert-OH is 3. The molecule has 2 rings (SSSR count). The van der Waals surface area contributed by atoms with Gasteiger partial charge in [-0.05, 0) is 70.9 Å². The summed E-state index contributed by atoms with van der Waals surface area (Å²) < 4.78 is 0. The van der Waals surface area contributed by atoms with Crippen LogP contribution in [0.15, 0.2) is 46.3 Å². The summed E-state index contributed by atoms with van der Waals surface area (Å²) in [5.74, 6) is -0.964. The number of hydrogen-bond donors (Lipinski definition) is 3. The van der Waals surface area contributed by atoms with Crippen molar-refractivity contribution < 1.29 is 20.1 Å². The topological polar surface area (TPSA) is 77.8 Å². The summed E-state index contributed by atoms with van der Waals surface area (Å²) in [6.07, 6.45) is 9.56. The van der Waals surface area contributed by atoms with Gasteiger partial charge in [0.1, 0.15) is 0 Å². The zero-order valence-corrected chi connectivity index (χ0v) is 18.0. The maximum atomic E-state index is 13.1. The third-order valence-corrected chi connectivity index (χ3v) is 6.47. The van der Waals surface area contributed by atoms with Gasteiger partial charge >= 0.3 is 0 Å². The highest BCUT2D eigenvalue weighted by atomic mass is 16.3. The van der Waals surface area contributed by atoms with Crippen molar-refractivity contribution in [1.29, 1.82) is 0 Å². The molecule has 2 aliphatic carbocycles. The fourth-order valence-electron chi connectivity index (χ4n) is 4.51. The van der Waals surface area contributed by atoms with Crippen LogP contribution in [0.4, 0.5) is 0 Å². The van der Waals surface area contributed by atoms with Gasteiger partial charge in [0.15, 0.2) is 5.76 Å². The summed E-state index contributed by atoms with van der Waals surface area (Å²) in [6, 6.07) is 0. The number of ketones is 1. The van der Waals surface area contributed by atoms with Gasteiger partial charge in [-0.25, -0.2) is 0 Å². The Morgan fingerprint density at radius 2 is 1.86 bits per heavy atom. The second-order valence-electron chi connectivity index (χ2n) is 8.87. The molecule has 28 heavy (non-hydrogen) atoms. The fourth-order valence-corrected chi connectivity index (χ4v) is 4.51. The largest absolute Gasteiger partial charge is 0.504 e. The molecule has 0 aromatic heterocycles. The lowest BCUT2D eigenvalue weighted by molar-refractivity contribution is -0.124. The molecule has 0 bridgehead atoms. The first-order chi connectivity index (χ1) is 13.1. The Morgan fingerprint density at radius 3 is 2.50 bits per heavy atom. The van der Waals surface area contributed by atoms with Gasteiger partial charge in [-0.1, -0.05) is 36.3 Å². The third-order valence-electron chi connectivity index (χ3n) is 6.47. The zero-order chi connectivity index (χ0) is 21.1.